The molecule has 1 N–H and O–H groups in total. The Balaban J connectivity index is 2.70. The highest BCUT2D eigenvalue weighted by molar-refractivity contribution is 6.20. The summed E-state index contributed by atoms with van der Waals surface area (Å²) >= 11 is 5.91. The van der Waals surface area contributed by atoms with E-state index in [1.807, 2.05) is 0 Å². The minimum atomic E-state index is -0.892. The molecule has 0 saturated heterocycles. The standard InChI is InChI=1S/C10H11ClF2O/c11-8(2-1-5-14)7-3-4-9(12)10(13)6-7/h3-4,6,8,14H,1-2,5H2. The van der Waals surface area contributed by atoms with E-state index in [9.17, 15) is 8.78 Å². The molecule has 0 saturated carbocycles. The highest BCUT2D eigenvalue weighted by Crippen LogP contribution is 2.26. The molecule has 14 heavy (non-hydrogen) atoms. The molecule has 0 aliphatic heterocycles. The quantitative estimate of drug-likeness (QED) is 0.774. The molecule has 0 amide bonds. The summed E-state index contributed by atoms with van der Waals surface area (Å²) in [5, 5.41) is 8.19. The SMILES string of the molecule is OCCCC(Cl)c1ccc(F)c(F)c1. The minimum absolute atomic E-state index is 0.0485. The van der Waals surface area contributed by atoms with Crippen molar-refractivity contribution in [1.29, 1.82) is 0 Å². The molecule has 0 heterocycles. The molecule has 0 spiro atoms. The van der Waals surface area contributed by atoms with Crippen LogP contribution in [-0.4, -0.2) is 11.7 Å². The van der Waals surface area contributed by atoms with Crippen LogP contribution in [0.3, 0.4) is 0 Å². The zero-order chi connectivity index (χ0) is 10.6. The summed E-state index contributed by atoms with van der Waals surface area (Å²) < 4.78 is 25.3. The van der Waals surface area contributed by atoms with E-state index in [1.54, 1.807) is 0 Å². The monoisotopic (exact) mass is 220 g/mol. The van der Waals surface area contributed by atoms with Crippen molar-refractivity contribution in [3.8, 4) is 0 Å². The average Bonchev–Trinajstić information content (AvgIpc) is 2.18. The molecule has 1 aromatic rings. The molecule has 1 rings (SSSR count). The summed E-state index contributed by atoms with van der Waals surface area (Å²) in [6, 6.07) is 3.59. The first-order valence-electron chi connectivity index (χ1n) is 4.35. The molecule has 0 fully saturated rings. The topological polar surface area (TPSA) is 20.2 Å². The number of hydrogen-bond acceptors (Lipinski definition) is 1. The lowest BCUT2D eigenvalue weighted by Gasteiger charge is -2.08. The van der Waals surface area contributed by atoms with E-state index in [0.29, 0.717) is 18.4 Å². The van der Waals surface area contributed by atoms with Crippen molar-refractivity contribution in [2.45, 2.75) is 18.2 Å². The van der Waals surface area contributed by atoms with Crippen LogP contribution in [0.5, 0.6) is 0 Å². The second kappa shape index (κ2) is 5.27. The lowest BCUT2D eigenvalue weighted by molar-refractivity contribution is 0.284. The van der Waals surface area contributed by atoms with Crippen LogP contribution in [0.25, 0.3) is 0 Å². The second-order valence-corrected chi connectivity index (χ2v) is 3.53. The first-order valence-corrected chi connectivity index (χ1v) is 4.78. The van der Waals surface area contributed by atoms with Crippen LogP contribution in [0.2, 0.25) is 0 Å². The van der Waals surface area contributed by atoms with Gasteiger partial charge >= 0.3 is 0 Å². The fourth-order valence-electron chi connectivity index (χ4n) is 1.14. The van der Waals surface area contributed by atoms with Gasteiger partial charge in [0.15, 0.2) is 11.6 Å². The Morgan fingerprint density at radius 2 is 2.00 bits per heavy atom. The van der Waals surface area contributed by atoms with Crippen LogP contribution in [-0.2, 0) is 0 Å². The molecule has 0 aliphatic carbocycles. The Hall–Kier alpha value is -0.670. The molecule has 0 aliphatic rings. The van der Waals surface area contributed by atoms with Crippen LogP contribution in [0.4, 0.5) is 8.78 Å². The lowest BCUT2D eigenvalue weighted by atomic mass is 10.1. The molecular formula is C10H11ClF2O. The highest BCUT2D eigenvalue weighted by Gasteiger charge is 2.10. The van der Waals surface area contributed by atoms with Crippen LogP contribution in [0.15, 0.2) is 18.2 Å². The normalized spacial score (nSPS) is 12.9. The molecule has 4 heteroatoms. The molecule has 0 aromatic heterocycles. The van der Waals surface area contributed by atoms with Crippen molar-refractivity contribution < 1.29 is 13.9 Å². The van der Waals surface area contributed by atoms with E-state index in [1.165, 1.54) is 6.07 Å². The number of aliphatic hydroxyl groups excluding tert-OH is 1. The fraction of sp³-hybridized carbons (Fsp3) is 0.400. The first kappa shape index (κ1) is 11.4. The Morgan fingerprint density at radius 1 is 1.29 bits per heavy atom. The molecule has 0 radical (unpaired) electrons. The van der Waals surface area contributed by atoms with Gasteiger partial charge in [0, 0.05) is 6.61 Å². The molecule has 0 bridgehead atoms. The van der Waals surface area contributed by atoms with Crippen molar-refractivity contribution in [2.75, 3.05) is 6.61 Å². The summed E-state index contributed by atoms with van der Waals surface area (Å²) in [6.07, 6.45) is 1.09. The molecule has 78 valence electrons. The maximum atomic E-state index is 12.8. The van der Waals surface area contributed by atoms with Gasteiger partial charge in [0.25, 0.3) is 0 Å². The van der Waals surface area contributed by atoms with Gasteiger partial charge in [0.2, 0.25) is 0 Å². The van der Waals surface area contributed by atoms with Crippen molar-refractivity contribution in [2.24, 2.45) is 0 Å². The first-order chi connectivity index (χ1) is 6.65. The van der Waals surface area contributed by atoms with Crippen LogP contribution < -0.4 is 0 Å². The zero-order valence-corrected chi connectivity index (χ0v) is 8.27. The van der Waals surface area contributed by atoms with Crippen molar-refractivity contribution >= 4 is 11.6 Å². The summed E-state index contributed by atoms with van der Waals surface area (Å²) in [6.45, 7) is 0.0485. The van der Waals surface area contributed by atoms with Crippen LogP contribution >= 0.6 is 11.6 Å². The number of aliphatic hydroxyl groups is 1. The Morgan fingerprint density at radius 3 is 2.57 bits per heavy atom. The predicted octanol–water partition coefficient (Wildman–Crippen LogP) is 3.02. The third-order valence-corrected chi connectivity index (χ3v) is 2.39. The Bertz CT molecular complexity index is 304. The number of halogens is 3. The summed E-state index contributed by atoms with van der Waals surface area (Å²) in [5.74, 6) is -1.77. The summed E-state index contributed by atoms with van der Waals surface area (Å²) in [4.78, 5) is 0. The van der Waals surface area contributed by atoms with Crippen LogP contribution in [0, 0.1) is 11.6 Å². The van der Waals surface area contributed by atoms with E-state index in [-0.39, 0.29) is 12.0 Å². The Kier molecular flexibility index (Phi) is 4.29. The number of alkyl halides is 1. The van der Waals surface area contributed by atoms with Crippen molar-refractivity contribution in [3.05, 3.63) is 35.4 Å². The predicted molar refractivity (Wildman–Crippen MR) is 51.3 cm³/mol. The van der Waals surface area contributed by atoms with E-state index in [4.69, 9.17) is 16.7 Å². The van der Waals surface area contributed by atoms with E-state index in [2.05, 4.69) is 0 Å². The molecule has 1 aromatic carbocycles. The number of benzene rings is 1. The minimum Gasteiger partial charge on any atom is -0.396 e. The summed E-state index contributed by atoms with van der Waals surface area (Å²) in [7, 11) is 0. The largest absolute Gasteiger partial charge is 0.396 e. The van der Waals surface area contributed by atoms with Gasteiger partial charge in [0.1, 0.15) is 0 Å². The van der Waals surface area contributed by atoms with Gasteiger partial charge < -0.3 is 5.11 Å². The third-order valence-electron chi connectivity index (χ3n) is 1.92. The van der Waals surface area contributed by atoms with Gasteiger partial charge in [-0.25, -0.2) is 8.78 Å². The number of hydrogen-bond donors (Lipinski definition) is 1. The van der Waals surface area contributed by atoms with Crippen LogP contribution in [0.1, 0.15) is 23.8 Å². The van der Waals surface area contributed by atoms with Crippen molar-refractivity contribution in [3.63, 3.8) is 0 Å². The Labute approximate surface area is 86.3 Å². The second-order valence-electron chi connectivity index (χ2n) is 3.01. The summed E-state index contributed by atoms with van der Waals surface area (Å²) in [5.41, 5.74) is 0.541. The third kappa shape index (κ3) is 2.93. The van der Waals surface area contributed by atoms with Gasteiger partial charge in [-0.2, -0.15) is 0 Å². The molecule has 1 unspecified atom stereocenters. The van der Waals surface area contributed by atoms with E-state index in [0.717, 1.165) is 12.1 Å². The maximum Gasteiger partial charge on any atom is 0.159 e. The van der Waals surface area contributed by atoms with Crippen molar-refractivity contribution in [1.82, 2.24) is 0 Å². The average molecular weight is 221 g/mol. The maximum absolute atomic E-state index is 12.8. The molecule has 1 atom stereocenters. The van der Waals surface area contributed by atoms with E-state index >= 15 is 0 Å². The van der Waals surface area contributed by atoms with Gasteiger partial charge in [-0.15, -0.1) is 11.6 Å². The number of rotatable bonds is 4. The van der Waals surface area contributed by atoms with E-state index < -0.39 is 11.6 Å². The fourth-order valence-corrected chi connectivity index (χ4v) is 1.43. The smallest absolute Gasteiger partial charge is 0.159 e. The van der Waals surface area contributed by atoms with Gasteiger partial charge in [-0.05, 0) is 30.5 Å². The zero-order valence-electron chi connectivity index (χ0n) is 7.51. The highest BCUT2D eigenvalue weighted by atomic mass is 35.5. The van der Waals surface area contributed by atoms with Gasteiger partial charge in [-0.3, -0.25) is 0 Å². The lowest BCUT2D eigenvalue weighted by Crippen LogP contribution is -1.95. The van der Waals surface area contributed by atoms with Gasteiger partial charge in [-0.1, -0.05) is 6.07 Å². The molecule has 1 nitrogen and oxygen atoms in total. The molecular weight excluding hydrogens is 210 g/mol. The van der Waals surface area contributed by atoms with Gasteiger partial charge in [0.05, 0.1) is 5.38 Å².